The third-order valence-corrected chi connectivity index (χ3v) is 4.99. The fourth-order valence-corrected chi connectivity index (χ4v) is 3.50. The molecular formula is C21H23FN5O4. The van der Waals surface area contributed by atoms with Crippen molar-refractivity contribution in [2.75, 3.05) is 18.4 Å². The molecule has 1 saturated heterocycles. The van der Waals surface area contributed by atoms with Gasteiger partial charge in [-0.25, -0.2) is 4.39 Å². The summed E-state index contributed by atoms with van der Waals surface area (Å²) in [5, 5.41) is 5.14. The van der Waals surface area contributed by atoms with Crippen LogP contribution in [-0.2, 0) is 14.4 Å². The zero-order chi connectivity index (χ0) is 22.5. The molecule has 2 aromatic rings. The van der Waals surface area contributed by atoms with Crippen molar-refractivity contribution in [1.82, 2.24) is 14.8 Å². The summed E-state index contributed by atoms with van der Waals surface area (Å²) in [6.45, 7) is 1.41. The van der Waals surface area contributed by atoms with Crippen LogP contribution in [0.2, 0.25) is 0 Å². The average molecular weight is 428 g/mol. The Labute approximate surface area is 178 Å². The number of nitrogens with one attached hydrogen (secondary N) is 2. The molecule has 9 nitrogen and oxygen atoms in total. The number of benzene rings is 1. The van der Waals surface area contributed by atoms with E-state index in [1.165, 1.54) is 35.9 Å². The van der Waals surface area contributed by atoms with Crippen LogP contribution in [0.25, 0.3) is 5.69 Å². The second-order valence-corrected chi connectivity index (χ2v) is 7.20. The van der Waals surface area contributed by atoms with Gasteiger partial charge in [0.1, 0.15) is 5.82 Å². The number of aromatic nitrogens is 1. The van der Waals surface area contributed by atoms with Gasteiger partial charge in [0.25, 0.3) is 5.56 Å². The fourth-order valence-electron chi connectivity index (χ4n) is 3.50. The van der Waals surface area contributed by atoms with E-state index < -0.39 is 23.7 Å². The van der Waals surface area contributed by atoms with Gasteiger partial charge in [-0.05, 0) is 31.0 Å². The molecular weight excluding hydrogens is 405 g/mol. The number of primary amides is 1. The maximum atomic E-state index is 14.6. The lowest BCUT2D eigenvalue weighted by molar-refractivity contribution is -0.123. The maximum Gasteiger partial charge on any atom is 0.255 e. The smallest absolute Gasteiger partial charge is 0.255 e. The molecule has 163 valence electrons. The number of halogens is 1. The number of hydrogen-bond donors (Lipinski definition) is 3. The lowest BCUT2D eigenvalue weighted by atomic mass is 10.2. The van der Waals surface area contributed by atoms with Crippen LogP contribution in [0.1, 0.15) is 13.3 Å². The summed E-state index contributed by atoms with van der Waals surface area (Å²) in [6, 6.07) is 7.55. The van der Waals surface area contributed by atoms with E-state index in [1.807, 2.05) is 0 Å². The molecule has 10 heteroatoms. The van der Waals surface area contributed by atoms with Crippen LogP contribution < -0.4 is 21.9 Å². The van der Waals surface area contributed by atoms with Crippen LogP contribution in [0.15, 0.2) is 47.4 Å². The van der Waals surface area contributed by atoms with E-state index in [1.54, 1.807) is 23.5 Å². The Hall–Kier alpha value is -3.53. The van der Waals surface area contributed by atoms with Gasteiger partial charge in [0.2, 0.25) is 17.7 Å². The zero-order valence-electron chi connectivity index (χ0n) is 16.9. The average Bonchev–Trinajstić information content (AvgIpc) is 3.11. The quantitative estimate of drug-likeness (QED) is 0.580. The molecule has 3 rings (SSSR count). The van der Waals surface area contributed by atoms with Crippen LogP contribution in [0, 0.1) is 12.2 Å². The van der Waals surface area contributed by atoms with Gasteiger partial charge in [-0.2, -0.15) is 0 Å². The number of rotatable bonds is 7. The summed E-state index contributed by atoms with van der Waals surface area (Å²) in [5.41, 5.74) is 5.37. The van der Waals surface area contributed by atoms with Crippen molar-refractivity contribution in [3.05, 3.63) is 65.2 Å². The lowest BCUT2D eigenvalue weighted by Gasteiger charge is -2.28. The van der Waals surface area contributed by atoms with Gasteiger partial charge in [0.05, 0.1) is 24.0 Å². The van der Waals surface area contributed by atoms with Crippen molar-refractivity contribution in [2.24, 2.45) is 5.73 Å². The highest BCUT2D eigenvalue weighted by atomic mass is 19.1. The molecule has 4 N–H and O–H groups in total. The van der Waals surface area contributed by atoms with Crippen molar-refractivity contribution in [3.8, 4) is 5.69 Å². The summed E-state index contributed by atoms with van der Waals surface area (Å²) in [4.78, 5) is 49.0. The molecule has 2 atom stereocenters. The molecule has 1 fully saturated rings. The van der Waals surface area contributed by atoms with Crippen LogP contribution in [0.4, 0.5) is 10.1 Å². The number of carbonyl (C=O) groups is 3. The maximum absolute atomic E-state index is 14.6. The monoisotopic (exact) mass is 428 g/mol. The van der Waals surface area contributed by atoms with Crippen molar-refractivity contribution >= 4 is 23.4 Å². The largest absolute Gasteiger partial charge is 0.368 e. The van der Waals surface area contributed by atoms with E-state index in [-0.39, 0.29) is 36.3 Å². The molecule has 0 saturated carbocycles. The minimum absolute atomic E-state index is 0.0602. The molecule has 0 aliphatic carbocycles. The van der Waals surface area contributed by atoms with Crippen LogP contribution in [0.3, 0.4) is 0 Å². The Morgan fingerprint density at radius 2 is 2.00 bits per heavy atom. The number of pyridine rings is 1. The first-order valence-electron chi connectivity index (χ1n) is 9.66. The van der Waals surface area contributed by atoms with E-state index in [2.05, 4.69) is 10.6 Å². The predicted molar refractivity (Wildman–Crippen MR) is 112 cm³/mol. The van der Waals surface area contributed by atoms with Crippen molar-refractivity contribution in [3.63, 3.8) is 0 Å². The first-order valence-corrected chi connectivity index (χ1v) is 9.66. The Kier molecular flexibility index (Phi) is 6.81. The summed E-state index contributed by atoms with van der Waals surface area (Å²) >= 11 is 0. The lowest BCUT2D eigenvalue weighted by Crippen LogP contribution is -2.50. The van der Waals surface area contributed by atoms with E-state index in [4.69, 9.17) is 5.73 Å². The first kappa shape index (κ1) is 22.2. The molecule has 2 heterocycles. The van der Waals surface area contributed by atoms with E-state index in [0.717, 1.165) is 6.07 Å². The van der Waals surface area contributed by atoms with E-state index in [9.17, 15) is 23.6 Å². The molecule has 0 bridgehead atoms. The third kappa shape index (κ3) is 5.34. The molecule has 0 spiro atoms. The number of amides is 3. The highest BCUT2D eigenvalue weighted by Gasteiger charge is 2.38. The van der Waals surface area contributed by atoms with Crippen LogP contribution >= 0.6 is 0 Å². The van der Waals surface area contributed by atoms with Gasteiger partial charge in [-0.15, -0.1) is 0 Å². The summed E-state index contributed by atoms with van der Waals surface area (Å²) in [7, 11) is 0. The summed E-state index contributed by atoms with van der Waals surface area (Å²) in [6.07, 6.45) is 3.67. The number of hydrogen-bond acceptors (Lipinski definition) is 5. The Morgan fingerprint density at radius 1 is 1.23 bits per heavy atom. The van der Waals surface area contributed by atoms with Gasteiger partial charge in [-0.1, -0.05) is 6.07 Å². The minimum Gasteiger partial charge on any atom is -0.368 e. The molecule has 1 aliphatic heterocycles. The van der Waals surface area contributed by atoms with Gasteiger partial charge in [0.15, 0.2) is 0 Å². The van der Waals surface area contributed by atoms with Crippen LogP contribution in [0.5, 0.6) is 0 Å². The number of nitrogens with zero attached hydrogens (tertiary/aromatic N) is 2. The molecule has 1 aromatic carbocycles. The molecule has 1 radical (unpaired) electrons. The van der Waals surface area contributed by atoms with Crippen molar-refractivity contribution in [2.45, 2.75) is 25.4 Å². The Morgan fingerprint density at radius 3 is 2.65 bits per heavy atom. The summed E-state index contributed by atoms with van der Waals surface area (Å²) < 4.78 is 15.8. The SMILES string of the molecule is CC(=O)NC[C@@H]1C[CH]C(C(N)=O)N1CC(=O)Nc1ccc(-n2ccccc2=O)cc1F. The highest BCUT2D eigenvalue weighted by molar-refractivity contribution is 5.93. The Balaban J connectivity index is 1.71. The van der Waals surface area contributed by atoms with Gasteiger partial charge >= 0.3 is 0 Å². The van der Waals surface area contributed by atoms with Gasteiger partial charge < -0.3 is 16.4 Å². The zero-order valence-corrected chi connectivity index (χ0v) is 16.9. The van der Waals surface area contributed by atoms with Crippen molar-refractivity contribution < 1.29 is 18.8 Å². The second kappa shape index (κ2) is 9.52. The van der Waals surface area contributed by atoms with Gasteiger partial charge in [0, 0.05) is 37.8 Å². The molecule has 1 aliphatic rings. The molecule has 31 heavy (non-hydrogen) atoms. The topological polar surface area (TPSA) is 127 Å². The number of carbonyl (C=O) groups excluding carboxylic acids is 3. The van der Waals surface area contributed by atoms with E-state index >= 15 is 0 Å². The highest BCUT2D eigenvalue weighted by Crippen LogP contribution is 2.23. The molecule has 1 aromatic heterocycles. The fraction of sp³-hybridized carbons (Fsp3) is 0.286. The van der Waals surface area contributed by atoms with Crippen molar-refractivity contribution in [1.29, 1.82) is 0 Å². The summed E-state index contributed by atoms with van der Waals surface area (Å²) in [5.74, 6) is -2.10. The normalized spacial score (nSPS) is 18.5. The van der Waals surface area contributed by atoms with E-state index in [0.29, 0.717) is 12.1 Å². The number of likely N-dealkylation sites (tertiary alicyclic amines) is 1. The van der Waals surface area contributed by atoms with Gasteiger partial charge in [-0.3, -0.25) is 28.6 Å². The number of nitrogens with two attached hydrogens (primary N) is 1. The van der Waals surface area contributed by atoms with Crippen LogP contribution in [-0.4, -0.2) is 52.4 Å². The second-order valence-electron chi connectivity index (χ2n) is 7.20. The third-order valence-electron chi connectivity index (χ3n) is 4.99. The molecule has 3 amide bonds. The molecule has 1 unspecified atom stereocenters. The number of anilines is 1. The first-order chi connectivity index (χ1) is 14.8. The standard InChI is InChI=1S/C21H23FN5O4/c1-13(28)24-11-15-6-8-18(21(23)31)27(15)12-19(29)25-17-7-5-14(10-16(17)22)26-9-3-2-4-20(26)30/h2-5,7-10,15,18H,6,11-12H2,1H3,(H2,23,31)(H,24,28)(H,25,29)/t15-,18?/m0/s1. The predicted octanol–water partition coefficient (Wildman–Crippen LogP) is 0.184. The Bertz CT molecular complexity index is 1050. The minimum atomic E-state index is -0.762.